The number of hydrogen-bond acceptors (Lipinski definition) is 15. The lowest BCUT2D eigenvalue weighted by Crippen LogP contribution is -2.62. The van der Waals surface area contributed by atoms with Crippen LogP contribution >= 0.6 is 11.3 Å². The molecular weight excluding hydrogens is 768 g/mol. The molecule has 18 nitrogen and oxygen atoms in total. The lowest BCUT2D eigenvalue weighted by Gasteiger charge is -2.47. The number of carboxylic acids is 1. The molecule has 57 heavy (non-hydrogen) atoms. The summed E-state index contributed by atoms with van der Waals surface area (Å²) in [6.45, 7) is 6.88. The van der Waals surface area contributed by atoms with Gasteiger partial charge in [0.1, 0.15) is 36.6 Å². The Morgan fingerprint density at radius 1 is 0.947 bits per heavy atom. The van der Waals surface area contributed by atoms with Crippen LogP contribution in [0.2, 0.25) is 0 Å². The second-order valence-corrected chi connectivity index (χ2v) is 16.9. The van der Waals surface area contributed by atoms with Crippen LogP contribution in [0.1, 0.15) is 94.1 Å². The fraction of sp³-hybridized carbons (Fsp3) is 0.816. The summed E-state index contributed by atoms with van der Waals surface area (Å²) in [5, 5.41) is 52.6. The second-order valence-electron chi connectivity index (χ2n) is 16.0. The van der Waals surface area contributed by atoms with Crippen molar-refractivity contribution >= 4 is 35.0 Å². The number of carbonyl (C=O) groups excluding carboxylic acids is 3. The van der Waals surface area contributed by atoms with Gasteiger partial charge in [-0.15, -0.1) is 11.3 Å². The number of aliphatic hydroxyl groups excluding tert-OH is 3. The van der Waals surface area contributed by atoms with Crippen LogP contribution in [0.25, 0.3) is 0 Å². The number of aromatic nitrogens is 1. The minimum absolute atomic E-state index is 0.0911. The van der Waals surface area contributed by atoms with Crippen LogP contribution in [0, 0.1) is 24.7 Å². The number of hydrogen-bond donors (Lipinski definition) is 7. The standard InChI is InChI=1S/C38H58N4O14S/c1-5-21-14-22(32(47)39-11-12-40-33(48)34-41-17(2)16-57-34)15-23(29(21)54-37-28(46)27(45)26(44)18(3)51-37)53-36-25(42-19(4)43)30(31-38(55-31)56-36)52-24(35(49)50)13-20-9-7-6-8-10-20/h16,18,20-31,36-38,44-46H,5-15H2,1-4H3,(H,39,47)(H,40,48)(H,42,43)(H,49,50)/t18-,21?,22?,23+,24-,25?,26?,27?,28-,29?,30?,31+,36+,37?,38?/m0/s1. The largest absolute Gasteiger partial charge is 0.479 e. The van der Waals surface area contributed by atoms with Gasteiger partial charge < -0.3 is 64.8 Å². The molecule has 5 fully saturated rings. The van der Waals surface area contributed by atoms with E-state index in [1.165, 1.54) is 18.3 Å². The van der Waals surface area contributed by atoms with Crippen LogP contribution < -0.4 is 16.0 Å². The quantitative estimate of drug-likeness (QED) is 0.0896. The summed E-state index contributed by atoms with van der Waals surface area (Å²) < 4.78 is 37.2. The van der Waals surface area contributed by atoms with Crippen molar-refractivity contribution < 1.29 is 68.0 Å². The highest BCUT2D eigenvalue weighted by molar-refractivity contribution is 7.11. The van der Waals surface area contributed by atoms with E-state index in [4.69, 9.17) is 28.4 Å². The molecule has 15 atom stereocenters. The summed E-state index contributed by atoms with van der Waals surface area (Å²) in [5.74, 6) is -2.96. The number of nitrogens with one attached hydrogen (secondary N) is 3. The minimum atomic E-state index is -1.60. The number of carbonyl (C=O) groups is 4. The molecule has 9 unspecified atom stereocenters. The van der Waals surface area contributed by atoms with Crippen molar-refractivity contribution in [3.8, 4) is 0 Å². The Kier molecular flexibility index (Phi) is 14.9. The summed E-state index contributed by atoms with van der Waals surface area (Å²) in [4.78, 5) is 55.6. The lowest BCUT2D eigenvalue weighted by molar-refractivity contribution is -0.330. The van der Waals surface area contributed by atoms with E-state index >= 15 is 0 Å². The molecule has 5 aliphatic rings. The average molecular weight is 827 g/mol. The number of carboxylic acid groups (broad SMARTS) is 1. The van der Waals surface area contributed by atoms with Crippen LogP contribution in [0.4, 0.5) is 0 Å². The molecular formula is C38H58N4O14S. The molecule has 6 rings (SSSR count). The van der Waals surface area contributed by atoms with Gasteiger partial charge in [0.25, 0.3) is 5.91 Å². The zero-order valence-electron chi connectivity index (χ0n) is 32.8. The number of ether oxygens (including phenoxy) is 6. The van der Waals surface area contributed by atoms with Gasteiger partial charge in [-0.05, 0) is 44.9 Å². The van der Waals surface area contributed by atoms with Gasteiger partial charge in [0.2, 0.25) is 11.8 Å². The third-order valence-corrected chi connectivity index (χ3v) is 12.7. The number of nitrogens with zero attached hydrogens (tertiary/aromatic N) is 1. The Hall–Kier alpha value is -2.85. The van der Waals surface area contributed by atoms with Crippen molar-refractivity contribution in [2.24, 2.45) is 17.8 Å². The predicted octanol–water partition coefficient (Wildman–Crippen LogP) is 0.726. The van der Waals surface area contributed by atoms with Crippen LogP contribution in [0.5, 0.6) is 0 Å². The van der Waals surface area contributed by atoms with Crippen molar-refractivity contribution in [3.63, 3.8) is 0 Å². The number of fused-ring (bicyclic) bond motifs is 1. The van der Waals surface area contributed by atoms with E-state index in [1.54, 1.807) is 19.2 Å². The van der Waals surface area contributed by atoms with E-state index in [1.807, 2.05) is 6.92 Å². The first-order valence-corrected chi connectivity index (χ1v) is 21.1. The zero-order chi connectivity index (χ0) is 41.0. The molecule has 1 aromatic rings. The number of rotatable bonds is 16. The maximum atomic E-state index is 13.7. The first-order valence-electron chi connectivity index (χ1n) is 20.2. The summed E-state index contributed by atoms with van der Waals surface area (Å²) in [6, 6.07) is -1.02. The molecule has 4 heterocycles. The third-order valence-electron chi connectivity index (χ3n) is 11.7. The molecule has 0 bridgehead atoms. The first kappa shape index (κ1) is 43.7. The smallest absolute Gasteiger partial charge is 0.332 e. The van der Waals surface area contributed by atoms with Gasteiger partial charge in [0, 0.05) is 37.0 Å². The predicted molar refractivity (Wildman–Crippen MR) is 199 cm³/mol. The lowest BCUT2D eigenvalue weighted by atomic mass is 9.75. The molecule has 2 saturated carbocycles. The van der Waals surface area contributed by atoms with Gasteiger partial charge in [0.05, 0.1) is 18.3 Å². The fourth-order valence-electron chi connectivity index (χ4n) is 8.57. The van der Waals surface area contributed by atoms with Gasteiger partial charge in [-0.25, -0.2) is 9.78 Å². The van der Waals surface area contributed by atoms with Crippen LogP contribution in [-0.2, 0) is 42.8 Å². The van der Waals surface area contributed by atoms with E-state index in [9.17, 15) is 39.6 Å². The molecule has 7 N–H and O–H groups in total. The number of aliphatic carboxylic acids is 1. The molecule has 0 radical (unpaired) electrons. The molecule has 3 saturated heterocycles. The summed E-state index contributed by atoms with van der Waals surface area (Å²) >= 11 is 1.23. The number of thiazole rings is 1. The Morgan fingerprint density at radius 3 is 2.35 bits per heavy atom. The second kappa shape index (κ2) is 19.5. The summed E-state index contributed by atoms with van der Waals surface area (Å²) in [7, 11) is 0. The molecule has 0 aromatic carbocycles. The summed E-state index contributed by atoms with van der Waals surface area (Å²) in [5.41, 5.74) is 0.738. The van der Waals surface area contributed by atoms with Crippen LogP contribution in [-0.4, -0.2) is 142 Å². The monoisotopic (exact) mass is 826 g/mol. The number of epoxide rings is 1. The fourth-order valence-corrected chi connectivity index (χ4v) is 9.28. The maximum absolute atomic E-state index is 13.7. The first-order chi connectivity index (χ1) is 27.2. The highest BCUT2D eigenvalue weighted by Crippen LogP contribution is 2.43. The van der Waals surface area contributed by atoms with E-state index in [0.29, 0.717) is 24.3 Å². The minimum Gasteiger partial charge on any atom is -0.479 e. The van der Waals surface area contributed by atoms with Crippen molar-refractivity contribution in [1.29, 1.82) is 0 Å². The topological polar surface area (TPSA) is 257 Å². The van der Waals surface area contributed by atoms with Gasteiger partial charge in [-0.3, -0.25) is 14.4 Å². The SMILES string of the molecule is CCC1CC(C(=O)NCCNC(=O)c2nc(C)cs2)C[C@@H](O[C@@H]2OC3O[C@@H]3C(O[C@@H](CC3CCCCC3)C(=O)O)C2NC(C)=O)C1OC1O[C@@H](C)C(O)C(O)[C@@H]1O. The van der Waals surface area contributed by atoms with Crippen molar-refractivity contribution in [2.75, 3.05) is 13.1 Å². The Bertz CT molecular complexity index is 1550. The maximum Gasteiger partial charge on any atom is 0.332 e. The molecule has 3 amide bonds. The highest BCUT2D eigenvalue weighted by Gasteiger charge is 2.60. The molecule has 0 spiro atoms. The zero-order valence-corrected chi connectivity index (χ0v) is 33.6. The van der Waals surface area contributed by atoms with Crippen LogP contribution in [0.3, 0.4) is 0 Å². The van der Waals surface area contributed by atoms with Gasteiger partial charge in [-0.2, -0.15) is 0 Å². The van der Waals surface area contributed by atoms with E-state index in [0.717, 1.165) is 37.8 Å². The molecule has 1 aromatic heterocycles. The number of aryl methyl sites for hydroxylation is 1. The van der Waals surface area contributed by atoms with E-state index in [2.05, 4.69) is 20.9 Å². The average Bonchev–Trinajstić information content (AvgIpc) is 3.83. The Labute approximate surface area is 335 Å². The van der Waals surface area contributed by atoms with Gasteiger partial charge in [-0.1, -0.05) is 45.4 Å². The van der Waals surface area contributed by atoms with Crippen molar-refractivity contribution in [2.45, 2.75) is 165 Å². The Balaban J connectivity index is 1.20. The van der Waals surface area contributed by atoms with E-state index < -0.39 is 97.6 Å². The summed E-state index contributed by atoms with van der Waals surface area (Å²) in [6.07, 6.45) is -7.08. The highest BCUT2D eigenvalue weighted by atomic mass is 32.1. The number of aliphatic hydroxyl groups is 3. The molecule has 2 aliphatic carbocycles. The molecule has 3 aliphatic heterocycles. The van der Waals surface area contributed by atoms with Crippen molar-refractivity contribution in [1.82, 2.24) is 20.9 Å². The van der Waals surface area contributed by atoms with Gasteiger partial charge in [0.15, 0.2) is 30.0 Å². The van der Waals surface area contributed by atoms with E-state index in [-0.39, 0.29) is 43.2 Å². The molecule has 19 heteroatoms. The third kappa shape index (κ3) is 10.9. The molecule has 320 valence electrons. The normalized spacial score (nSPS) is 37.4. The number of amides is 3. The van der Waals surface area contributed by atoms with Crippen LogP contribution in [0.15, 0.2) is 5.38 Å². The van der Waals surface area contributed by atoms with Crippen molar-refractivity contribution in [3.05, 3.63) is 16.1 Å². The van der Waals surface area contributed by atoms with Gasteiger partial charge >= 0.3 is 5.97 Å². The Morgan fingerprint density at radius 2 is 1.68 bits per heavy atom.